The number of nitrogens with one attached hydrogen (secondary N) is 1. The molecular weight excluding hydrogens is 226 g/mol. The molecule has 4 heteroatoms. The molecule has 0 heterocycles. The van der Waals surface area contributed by atoms with E-state index in [1.807, 2.05) is 0 Å². The van der Waals surface area contributed by atoms with Crippen molar-refractivity contribution in [3.8, 4) is 5.75 Å². The third-order valence-corrected chi connectivity index (χ3v) is 2.46. The Morgan fingerprint density at radius 2 is 2.25 bits per heavy atom. The molecule has 16 heavy (non-hydrogen) atoms. The summed E-state index contributed by atoms with van der Waals surface area (Å²) in [4.78, 5) is 11.8. The van der Waals surface area contributed by atoms with Gasteiger partial charge in [-0.05, 0) is 24.6 Å². The van der Waals surface area contributed by atoms with Crippen molar-refractivity contribution >= 4 is 17.5 Å². The summed E-state index contributed by atoms with van der Waals surface area (Å²) in [5, 5.41) is 3.35. The average Bonchev–Trinajstić information content (AvgIpc) is 2.29. The molecule has 1 aromatic rings. The van der Waals surface area contributed by atoms with Crippen LogP contribution in [0.2, 0.25) is 5.02 Å². The van der Waals surface area contributed by atoms with Crippen LogP contribution in [0.4, 0.5) is 0 Å². The minimum atomic E-state index is -0.146. The van der Waals surface area contributed by atoms with Crippen molar-refractivity contribution in [3.63, 3.8) is 0 Å². The molecule has 0 atom stereocenters. The molecule has 0 spiro atoms. The lowest BCUT2D eigenvalue weighted by molar-refractivity contribution is 0.0950. The first-order chi connectivity index (χ1) is 7.69. The number of carbonyl (C=O) groups excluding carboxylic acids is 1. The van der Waals surface area contributed by atoms with Crippen molar-refractivity contribution in [2.75, 3.05) is 13.7 Å². The van der Waals surface area contributed by atoms with Gasteiger partial charge >= 0.3 is 0 Å². The second-order valence-corrected chi connectivity index (χ2v) is 3.89. The van der Waals surface area contributed by atoms with Gasteiger partial charge in [0, 0.05) is 11.6 Å². The third kappa shape index (κ3) is 3.42. The number of hydrogen-bond acceptors (Lipinski definition) is 2. The van der Waals surface area contributed by atoms with Crippen molar-refractivity contribution in [1.82, 2.24) is 5.32 Å². The van der Waals surface area contributed by atoms with Crippen molar-refractivity contribution in [3.05, 3.63) is 28.8 Å². The minimum absolute atomic E-state index is 0.146. The number of halogens is 1. The molecule has 1 aromatic carbocycles. The standard InChI is InChI=1S/C12H16ClNO2/c1-3-4-7-14-12(15)10-8-9(13)5-6-11(10)16-2/h5-6,8H,3-4,7H2,1-2H3,(H,14,15). The Kier molecular flexibility index (Phi) is 5.12. The first kappa shape index (κ1) is 12.8. The first-order valence-electron chi connectivity index (χ1n) is 5.30. The highest BCUT2D eigenvalue weighted by atomic mass is 35.5. The molecule has 1 amide bonds. The maximum Gasteiger partial charge on any atom is 0.255 e. The summed E-state index contributed by atoms with van der Waals surface area (Å²) in [6, 6.07) is 5.00. The summed E-state index contributed by atoms with van der Waals surface area (Å²) in [6.45, 7) is 2.75. The Balaban J connectivity index is 2.76. The van der Waals surface area contributed by atoms with Gasteiger partial charge in [-0.15, -0.1) is 0 Å². The van der Waals surface area contributed by atoms with Crippen molar-refractivity contribution in [2.24, 2.45) is 0 Å². The summed E-state index contributed by atoms with van der Waals surface area (Å²) < 4.78 is 5.11. The second kappa shape index (κ2) is 6.38. The van der Waals surface area contributed by atoms with Gasteiger partial charge in [-0.2, -0.15) is 0 Å². The van der Waals surface area contributed by atoms with Crippen LogP contribution in [0.25, 0.3) is 0 Å². The van der Waals surface area contributed by atoms with Crippen LogP contribution in [-0.2, 0) is 0 Å². The van der Waals surface area contributed by atoms with Crippen LogP contribution in [0.15, 0.2) is 18.2 Å². The molecule has 0 unspecified atom stereocenters. The van der Waals surface area contributed by atoms with Gasteiger partial charge in [-0.25, -0.2) is 0 Å². The van der Waals surface area contributed by atoms with E-state index in [1.54, 1.807) is 18.2 Å². The lowest BCUT2D eigenvalue weighted by Crippen LogP contribution is -2.24. The fourth-order valence-corrected chi connectivity index (χ4v) is 1.50. The summed E-state index contributed by atoms with van der Waals surface area (Å²) in [6.07, 6.45) is 2.02. The van der Waals surface area contributed by atoms with Crippen LogP contribution in [0, 0.1) is 0 Å². The van der Waals surface area contributed by atoms with Gasteiger partial charge in [0.25, 0.3) is 5.91 Å². The Morgan fingerprint density at radius 3 is 2.88 bits per heavy atom. The number of hydrogen-bond donors (Lipinski definition) is 1. The van der Waals surface area contributed by atoms with E-state index in [0.717, 1.165) is 12.8 Å². The zero-order valence-corrected chi connectivity index (χ0v) is 10.3. The zero-order chi connectivity index (χ0) is 12.0. The molecule has 1 rings (SSSR count). The molecule has 88 valence electrons. The van der Waals surface area contributed by atoms with Crippen LogP contribution >= 0.6 is 11.6 Å². The van der Waals surface area contributed by atoms with Crippen LogP contribution in [0.1, 0.15) is 30.1 Å². The van der Waals surface area contributed by atoms with E-state index in [9.17, 15) is 4.79 Å². The van der Waals surface area contributed by atoms with E-state index in [0.29, 0.717) is 22.9 Å². The van der Waals surface area contributed by atoms with Gasteiger partial charge in [0.1, 0.15) is 5.75 Å². The number of unbranched alkanes of at least 4 members (excludes halogenated alkanes) is 1. The van der Waals surface area contributed by atoms with E-state index in [1.165, 1.54) is 7.11 Å². The number of amides is 1. The molecule has 0 radical (unpaired) electrons. The molecule has 0 fully saturated rings. The Morgan fingerprint density at radius 1 is 1.50 bits per heavy atom. The molecule has 1 N–H and O–H groups in total. The monoisotopic (exact) mass is 241 g/mol. The lowest BCUT2D eigenvalue weighted by atomic mass is 10.2. The molecule has 0 aliphatic carbocycles. The van der Waals surface area contributed by atoms with E-state index in [4.69, 9.17) is 16.3 Å². The van der Waals surface area contributed by atoms with E-state index < -0.39 is 0 Å². The lowest BCUT2D eigenvalue weighted by Gasteiger charge is -2.09. The van der Waals surface area contributed by atoms with Crippen LogP contribution in [0.3, 0.4) is 0 Å². The molecule has 0 aliphatic rings. The van der Waals surface area contributed by atoms with Gasteiger partial charge in [0.05, 0.1) is 12.7 Å². The van der Waals surface area contributed by atoms with E-state index >= 15 is 0 Å². The van der Waals surface area contributed by atoms with Crippen LogP contribution in [-0.4, -0.2) is 19.6 Å². The predicted molar refractivity (Wildman–Crippen MR) is 65.2 cm³/mol. The summed E-state index contributed by atoms with van der Waals surface area (Å²) in [7, 11) is 1.53. The molecule has 3 nitrogen and oxygen atoms in total. The largest absolute Gasteiger partial charge is 0.496 e. The van der Waals surface area contributed by atoms with Gasteiger partial charge in [0.15, 0.2) is 0 Å². The predicted octanol–water partition coefficient (Wildman–Crippen LogP) is 2.88. The van der Waals surface area contributed by atoms with Crippen molar-refractivity contribution in [1.29, 1.82) is 0 Å². The zero-order valence-electron chi connectivity index (χ0n) is 9.55. The molecule has 0 aromatic heterocycles. The van der Waals surface area contributed by atoms with Gasteiger partial charge in [-0.1, -0.05) is 24.9 Å². The summed E-state index contributed by atoms with van der Waals surface area (Å²) in [5.74, 6) is 0.395. The van der Waals surface area contributed by atoms with Crippen LogP contribution in [0.5, 0.6) is 5.75 Å². The Labute approximate surface area is 101 Å². The normalized spacial score (nSPS) is 9.94. The van der Waals surface area contributed by atoms with Crippen molar-refractivity contribution in [2.45, 2.75) is 19.8 Å². The van der Waals surface area contributed by atoms with Crippen LogP contribution < -0.4 is 10.1 Å². The van der Waals surface area contributed by atoms with E-state index in [2.05, 4.69) is 12.2 Å². The maximum atomic E-state index is 11.8. The smallest absolute Gasteiger partial charge is 0.255 e. The highest BCUT2D eigenvalue weighted by Crippen LogP contribution is 2.22. The highest BCUT2D eigenvalue weighted by Gasteiger charge is 2.11. The number of rotatable bonds is 5. The molecular formula is C12H16ClNO2. The summed E-state index contributed by atoms with van der Waals surface area (Å²) >= 11 is 5.84. The SMILES string of the molecule is CCCCNC(=O)c1cc(Cl)ccc1OC. The topological polar surface area (TPSA) is 38.3 Å². The fraction of sp³-hybridized carbons (Fsp3) is 0.417. The summed E-state index contributed by atoms with van der Waals surface area (Å²) in [5.41, 5.74) is 0.478. The highest BCUT2D eigenvalue weighted by molar-refractivity contribution is 6.31. The van der Waals surface area contributed by atoms with Gasteiger partial charge < -0.3 is 10.1 Å². The second-order valence-electron chi connectivity index (χ2n) is 3.45. The fourth-order valence-electron chi connectivity index (χ4n) is 1.33. The van der Waals surface area contributed by atoms with Gasteiger partial charge in [-0.3, -0.25) is 4.79 Å². The van der Waals surface area contributed by atoms with Gasteiger partial charge in [0.2, 0.25) is 0 Å². The Hall–Kier alpha value is -1.22. The average molecular weight is 242 g/mol. The third-order valence-electron chi connectivity index (χ3n) is 2.22. The van der Waals surface area contributed by atoms with Crippen molar-refractivity contribution < 1.29 is 9.53 Å². The minimum Gasteiger partial charge on any atom is -0.496 e. The molecule has 0 saturated carbocycles. The Bertz CT molecular complexity index is 366. The number of methoxy groups -OCH3 is 1. The number of carbonyl (C=O) groups is 1. The molecule has 0 aliphatic heterocycles. The maximum absolute atomic E-state index is 11.8. The molecule has 0 saturated heterocycles. The molecule has 0 bridgehead atoms. The number of ether oxygens (including phenoxy) is 1. The first-order valence-corrected chi connectivity index (χ1v) is 5.68. The quantitative estimate of drug-likeness (QED) is 0.805. The van der Waals surface area contributed by atoms with E-state index in [-0.39, 0.29) is 5.91 Å². The number of benzene rings is 1.